The largest absolute Gasteiger partial charge is 0.497 e. The molecular formula is C19H24N2O2. The van der Waals surface area contributed by atoms with E-state index in [4.69, 9.17) is 4.74 Å². The maximum absolute atomic E-state index is 11.2. The van der Waals surface area contributed by atoms with Crippen molar-refractivity contribution in [3.8, 4) is 5.75 Å². The van der Waals surface area contributed by atoms with Crippen LogP contribution in [0, 0.1) is 0 Å². The Kier molecular flexibility index (Phi) is 4.64. The molecule has 122 valence electrons. The third-order valence-corrected chi connectivity index (χ3v) is 4.82. The number of pyridine rings is 1. The molecule has 0 amide bonds. The highest BCUT2D eigenvalue weighted by molar-refractivity contribution is 5.32. The maximum atomic E-state index is 11.2. The molecule has 0 spiro atoms. The average molecular weight is 312 g/mol. The van der Waals surface area contributed by atoms with E-state index >= 15 is 0 Å². The van der Waals surface area contributed by atoms with E-state index < -0.39 is 5.60 Å². The zero-order valence-corrected chi connectivity index (χ0v) is 13.8. The second-order valence-corrected chi connectivity index (χ2v) is 6.36. The number of nitrogens with zero attached hydrogens (tertiary/aromatic N) is 2. The first-order valence-corrected chi connectivity index (χ1v) is 8.11. The summed E-state index contributed by atoms with van der Waals surface area (Å²) in [6.45, 7) is 3.78. The molecule has 4 heteroatoms. The van der Waals surface area contributed by atoms with E-state index in [-0.39, 0.29) is 6.04 Å². The lowest BCUT2D eigenvalue weighted by molar-refractivity contribution is -0.0254. The Morgan fingerprint density at radius 3 is 2.57 bits per heavy atom. The summed E-state index contributed by atoms with van der Waals surface area (Å²) < 4.78 is 5.21. The molecule has 3 rings (SSSR count). The predicted octanol–water partition coefficient (Wildman–Crippen LogP) is 2.96. The topological polar surface area (TPSA) is 45.6 Å². The van der Waals surface area contributed by atoms with Crippen LogP contribution in [0.5, 0.6) is 5.75 Å². The van der Waals surface area contributed by atoms with Gasteiger partial charge < -0.3 is 9.84 Å². The van der Waals surface area contributed by atoms with Gasteiger partial charge in [0.05, 0.1) is 7.11 Å². The summed E-state index contributed by atoms with van der Waals surface area (Å²) >= 11 is 0. The fourth-order valence-electron chi connectivity index (χ4n) is 3.50. The molecule has 1 N–H and O–H groups in total. The second kappa shape index (κ2) is 6.69. The summed E-state index contributed by atoms with van der Waals surface area (Å²) in [5, 5.41) is 11.2. The van der Waals surface area contributed by atoms with Crippen LogP contribution in [-0.2, 0) is 12.1 Å². The summed E-state index contributed by atoms with van der Waals surface area (Å²) in [6, 6.07) is 11.9. The Morgan fingerprint density at radius 1 is 1.22 bits per heavy atom. The highest BCUT2D eigenvalue weighted by Gasteiger charge is 2.40. The van der Waals surface area contributed by atoms with Crippen LogP contribution in [0.4, 0.5) is 0 Å². The van der Waals surface area contributed by atoms with Crippen LogP contribution in [0.3, 0.4) is 0 Å². The minimum Gasteiger partial charge on any atom is -0.497 e. The molecule has 1 aromatic carbocycles. The number of benzene rings is 1. The minimum atomic E-state index is -0.879. The van der Waals surface area contributed by atoms with E-state index in [1.807, 2.05) is 55.7 Å². The van der Waals surface area contributed by atoms with Crippen molar-refractivity contribution < 1.29 is 9.84 Å². The molecule has 0 radical (unpaired) electrons. The van der Waals surface area contributed by atoms with Gasteiger partial charge in [0.15, 0.2) is 0 Å². The number of aliphatic hydroxyl groups is 1. The molecule has 23 heavy (non-hydrogen) atoms. The van der Waals surface area contributed by atoms with Crippen molar-refractivity contribution in [3.63, 3.8) is 0 Å². The second-order valence-electron chi connectivity index (χ2n) is 6.36. The van der Waals surface area contributed by atoms with Crippen LogP contribution in [0.1, 0.15) is 30.9 Å². The zero-order chi connectivity index (χ0) is 16.3. The van der Waals surface area contributed by atoms with Crippen molar-refractivity contribution in [2.75, 3.05) is 13.7 Å². The SMILES string of the molecule is COc1ccc([C@](C)(O)[C@@H]2CCCN2Cc2ccncc2)cc1. The minimum absolute atomic E-state index is 0.115. The third kappa shape index (κ3) is 3.38. The van der Waals surface area contributed by atoms with Crippen molar-refractivity contribution in [2.45, 2.75) is 38.0 Å². The summed E-state index contributed by atoms with van der Waals surface area (Å²) in [7, 11) is 1.65. The summed E-state index contributed by atoms with van der Waals surface area (Å²) in [5.41, 5.74) is 1.29. The quantitative estimate of drug-likeness (QED) is 0.922. The molecule has 4 nitrogen and oxygen atoms in total. The fraction of sp³-hybridized carbons (Fsp3) is 0.421. The van der Waals surface area contributed by atoms with Crippen molar-refractivity contribution in [1.29, 1.82) is 0 Å². The van der Waals surface area contributed by atoms with E-state index in [1.165, 1.54) is 5.56 Å². The molecule has 2 atom stereocenters. The van der Waals surface area contributed by atoms with E-state index in [0.717, 1.165) is 37.2 Å². The van der Waals surface area contributed by atoms with Crippen molar-refractivity contribution >= 4 is 0 Å². The number of hydrogen-bond donors (Lipinski definition) is 1. The van der Waals surface area contributed by atoms with Gasteiger partial charge in [-0.25, -0.2) is 0 Å². The van der Waals surface area contributed by atoms with Crippen molar-refractivity contribution in [3.05, 3.63) is 59.9 Å². The normalized spacial score (nSPS) is 21.1. The number of likely N-dealkylation sites (tertiary alicyclic amines) is 1. The maximum Gasteiger partial charge on any atom is 0.118 e. The molecule has 0 unspecified atom stereocenters. The molecule has 1 fully saturated rings. The fourth-order valence-corrected chi connectivity index (χ4v) is 3.50. The van der Waals surface area contributed by atoms with Gasteiger partial charge in [0.1, 0.15) is 11.4 Å². The van der Waals surface area contributed by atoms with Crippen LogP contribution in [-0.4, -0.2) is 34.7 Å². The lowest BCUT2D eigenvalue weighted by atomic mass is 9.86. The van der Waals surface area contributed by atoms with Crippen LogP contribution in [0.2, 0.25) is 0 Å². The van der Waals surface area contributed by atoms with Crippen LogP contribution < -0.4 is 4.74 Å². The molecule has 2 heterocycles. The molecule has 1 saturated heterocycles. The van der Waals surface area contributed by atoms with Gasteiger partial charge in [-0.3, -0.25) is 9.88 Å². The lowest BCUT2D eigenvalue weighted by Crippen LogP contribution is -2.45. The molecule has 1 aromatic heterocycles. The van der Waals surface area contributed by atoms with E-state index in [0.29, 0.717) is 0 Å². The molecule has 1 aliphatic rings. The van der Waals surface area contributed by atoms with E-state index in [1.54, 1.807) is 7.11 Å². The van der Waals surface area contributed by atoms with Gasteiger partial charge in [0.25, 0.3) is 0 Å². The lowest BCUT2D eigenvalue weighted by Gasteiger charge is -2.37. The molecule has 0 saturated carbocycles. The van der Waals surface area contributed by atoms with Gasteiger partial charge >= 0.3 is 0 Å². The number of ether oxygens (including phenoxy) is 1. The van der Waals surface area contributed by atoms with Crippen LogP contribution >= 0.6 is 0 Å². The van der Waals surface area contributed by atoms with Gasteiger partial charge in [-0.2, -0.15) is 0 Å². The van der Waals surface area contributed by atoms with Crippen molar-refractivity contribution in [2.24, 2.45) is 0 Å². The summed E-state index contributed by atoms with van der Waals surface area (Å²) in [4.78, 5) is 6.45. The van der Waals surface area contributed by atoms with Gasteiger partial charge in [0.2, 0.25) is 0 Å². The summed E-state index contributed by atoms with van der Waals surface area (Å²) in [5.74, 6) is 0.810. The molecule has 0 bridgehead atoms. The number of aromatic nitrogens is 1. The van der Waals surface area contributed by atoms with E-state index in [2.05, 4.69) is 9.88 Å². The predicted molar refractivity (Wildman–Crippen MR) is 90.2 cm³/mol. The van der Waals surface area contributed by atoms with Gasteiger partial charge in [-0.05, 0) is 61.7 Å². The smallest absolute Gasteiger partial charge is 0.118 e. The number of hydrogen-bond acceptors (Lipinski definition) is 4. The van der Waals surface area contributed by atoms with Gasteiger partial charge in [0, 0.05) is 25.0 Å². The van der Waals surface area contributed by atoms with Gasteiger partial charge in [-0.1, -0.05) is 12.1 Å². The molecular weight excluding hydrogens is 288 g/mol. The standard InChI is InChI=1S/C19H24N2O2/c1-19(22,16-5-7-17(23-2)8-6-16)18-4-3-13-21(18)14-15-9-11-20-12-10-15/h5-12,18,22H,3-4,13-14H2,1-2H3/t18-,19-/m0/s1. The molecule has 2 aromatic rings. The number of rotatable bonds is 5. The first kappa shape index (κ1) is 16.0. The monoisotopic (exact) mass is 312 g/mol. The third-order valence-electron chi connectivity index (χ3n) is 4.82. The average Bonchev–Trinajstić information content (AvgIpc) is 3.05. The van der Waals surface area contributed by atoms with Gasteiger partial charge in [-0.15, -0.1) is 0 Å². The number of methoxy groups -OCH3 is 1. The Bertz CT molecular complexity index is 626. The summed E-state index contributed by atoms with van der Waals surface area (Å²) in [6.07, 6.45) is 5.76. The highest BCUT2D eigenvalue weighted by atomic mass is 16.5. The molecule has 0 aliphatic carbocycles. The molecule has 1 aliphatic heterocycles. The van der Waals surface area contributed by atoms with Crippen molar-refractivity contribution in [1.82, 2.24) is 9.88 Å². The Morgan fingerprint density at radius 2 is 1.91 bits per heavy atom. The zero-order valence-electron chi connectivity index (χ0n) is 13.8. The highest BCUT2D eigenvalue weighted by Crippen LogP contribution is 2.36. The van der Waals surface area contributed by atoms with Crippen LogP contribution in [0.25, 0.3) is 0 Å². The van der Waals surface area contributed by atoms with E-state index in [9.17, 15) is 5.11 Å². The Hall–Kier alpha value is -1.91. The van der Waals surface area contributed by atoms with Crippen LogP contribution in [0.15, 0.2) is 48.8 Å². The Balaban J connectivity index is 1.79. The first-order chi connectivity index (χ1) is 11.1. The first-order valence-electron chi connectivity index (χ1n) is 8.11. The Labute approximate surface area is 137 Å².